The number of carboxylic acid groups (broad SMARTS) is 1. The van der Waals surface area contributed by atoms with Crippen molar-refractivity contribution in [1.29, 1.82) is 0 Å². The molecule has 0 heterocycles. The molecular formula is C25H31NO4. The van der Waals surface area contributed by atoms with Crippen LogP contribution in [0.4, 0.5) is 5.69 Å². The highest BCUT2D eigenvalue weighted by molar-refractivity contribution is 5.98. The summed E-state index contributed by atoms with van der Waals surface area (Å²) in [5, 5.41) is 12.2. The van der Waals surface area contributed by atoms with Crippen molar-refractivity contribution in [3.8, 4) is 11.1 Å². The van der Waals surface area contributed by atoms with Crippen molar-refractivity contribution in [2.24, 2.45) is 5.92 Å². The smallest absolute Gasteiger partial charge is 0.306 e. The van der Waals surface area contributed by atoms with Crippen LogP contribution in [0.25, 0.3) is 11.1 Å². The van der Waals surface area contributed by atoms with Crippen LogP contribution in [0.5, 0.6) is 0 Å². The summed E-state index contributed by atoms with van der Waals surface area (Å²) in [6, 6.07) is 14.8. The maximum Gasteiger partial charge on any atom is 0.306 e. The van der Waals surface area contributed by atoms with Crippen LogP contribution in [0.1, 0.15) is 69.2 Å². The molecule has 0 saturated carbocycles. The Morgan fingerprint density at radius 1 is 0.867 bits per heavy atom. The van der Waals surface area contributed by atoms with Crippen LogP contribution < -0.4 is 5.32 Å². The number of unbranched alkanes of at least 4 members (excludes halogenated alkanes) is 2. The zero-order chi connectivity index (χ0) is 21.9. The molecule has 0 spiro atoms. The van der Waals surface area contributed by atoms with Gasteiger partial charge in [0.15, 0.2) is 5.78 Å². The first-order valence-corrected chi connectivity index (χ1v) is 10.7. The van der Waals surface area contributed by atoms with Gasteiger partial charge in [-0.15, -0.1) is 0 Å². The van der Waals surface area contributed by atoms with E-state index in [4.69, 9.17) is 0 Å². The van der Waals surface area contributed by atoms with Gasteiger partial charge in [-0.1, -0.05) is 69.5 Å². The fourth-order valence-electron chi connectivity index (χ4n) is 3.26. The number of Topliss-reactive ketones (excluding diaryl/α,β-unsaturated/α-hetero) is 1. The number of ketones is 1. The number of aliphatic carboxylic acids is 1. The molecule has 0 aliphatic rings. The van der Waals surface area contributed by atoms with Crippen LogP contribution in [0.15, 0.2) is 48.5 Å². The minimum Gasteiger partial charge on any atom is -0.481 e. The number of amides is 1. The zero-order valence-corrected chi connectivity index (χ0v) is 17.8. The molecule has 5 heteroatoms. The van der Waals surface area contributed by atoms with Gasteiger partial charge in [-0.2, -0.15) is 0 Å². The van der Waals surface area contributed by atoms with Gasteiger partial charge in [-0.3, -0.25) is 14.4 Å². The van der Waals surface area contributed by atoms with E-state index in [1.165, 1.54) is 0 Å². The molecule has 0 bridgehead atoms. The van der Waals surface area contributed by atoms with Gasteiger partial charge in [0.2, 0.25) is 5.91 Å². The summed E-state index contributed by atoms with van der Waals surface area (Å²) < 4.78 is 0. The molecule has 2 N–H and O–H groups in total. The number of hydrogen-bond donors (Lipinski definition) is 2. The Bertz CT molecular complexity index is 840. The average Bonchev–Trinajstić information content (AvgIpc) is 2.75. The average molecular weight is 410 g/mol. The molecule has 160 valence electrons. The maximum atomic E-state index is 12.5. The Morgan fingerprint density at radius 2 is 1.43 bits per heavy atom. The lowest BCUT2D eigenvalue weighted by Gasteiger charge is -2.11. The van der Waals surface area contributed by atoms with Crippen LogP contribution in [-0.2, 0) is 9.59 Å². The summed E-state index contributed by atoms with van der Waals surface area (Å²) >= 11 is 0. The third kappa shape index (κ3) is 7.14. The highest BCUT2D eigenvalue weighted by atomic mass is 16.4. The van der Waals surface area contributed by atoms with Gasteiger partial charge in [-0.25, -0.2) is 0 Å². The largest absolute Gasteiger partial charge is 0.481 e. The SMILES string of the molecule is CCCCC(=O)Nc1ccc(-c2ccc(C(=O)CC(CCCC)C(=O)O)cc2)cc1. The summed E-state index contributed by atoms with van der Waals surface area (Å²) in [4.78, 5) is 35.7. The van der Waals surface area contributed by atoms with Crippen molar-refractivity contribution < 1.29 is 19.5 Å². The molecule has 0 saturated heterocycles. The number of hydrogen-bond acceptors (Lipinski definition) is 3. The number of carbonyl (C=O) groups excluding carboxylic acids is 2. The summed E-state index contributed by atoms with van der Waals surface area (Å²) in [7, 11) is 0. The Labute approximate surface area is 178 Å². The Kier molecular flexibility index (Phi) is 9.26. The van der Waals surface area contributed by atoms with Gasteiger partial charge < -0.3 is 10.4 Å². The van der Waals surface area contributed by atoms with Crippen LogP contribution >= 0.6 is 0 Å². The fraction of sp³-hybridized carbons (Fsp3) is 0.400. The Balaban J connectivity index is 2.00. The van der Waals surface area contributed by atoms with E-state index in [1.54, 1.807) is 12.1 Å². The van der Waals surface area contributed by atoms with Gasteiger partial charge in [-0.05, 0) is 36.1 Å². The molecule has 0 radical (unpaired) electrons. The molecule has 0 aliphatic heterocycles. The first kappa shape index (κ1) is 23.3. The molecule has 0 aromatic heterocycles. The van der Waals surface area contributed by atoms with E-state index in [0.29, 0.717) is 18.4 Å². The van der Waals surface area contributed by atoms with Crippen LogP contribution in [0.3, 0.4) is 0 Å². The second-order valence-electron chi connectivity index (χ2n) is 7.61. The van der Waals surface area contributed by atoms with Gasteiger partial charge in [0.1, 0.15) is 0 Å². The van der Waals surface area contributed by atoms with E-state index in [1.807, 2.05) is 43.3 Å². The standard InChI is InChI=1S/C25H31NO4/c1-3-5-7-21(25(29)30)17-23(27)20-11-9-18(10-12-20)19-13-15-22(16-14-19)26-24(28)8-6-4-2/h9-16,21H,3-8,17H2,1-2H3,(H,26,28)(H,29,30). The van der Waals surface area contributed by atoms with Gasteiger partial charge in [0.05, 0.1) is 5.92 Å². The van der Waals surface area contributed by atoms with E-state index in [9.17, 15) is 19.5 Å². The number of rotatable bonds is 12. The lowest BCUT2D eigenvalue weighted by molar-refractivity contribution is -0.142. The molecule has 1 atom stereocenters. The van der Waals surface area contributed by atoms with Crippen molar-refractivity contribution in [2.45, 2.75) is 58.8 Å². The second-order valence-corrected chi connectivity index (χ2v) is 7.61. The zero-order valence-electron chi connectivity index (χ0n) is 17.8. The molecule has 1 amide bonds. The quantitative estimate of drug-likeness (QED) is 0.425. The van der Waals surface area contributed by atoms with Crippen molar-refractivity contribution >= 4 is 23.3 Å². The van der Waals surface area contributed by atoms with E-state index in [0.717, 1.165) is 42.5 Å². The molecule has 1 unspecified atom stereocenters. The number of benzene rings is 2. The minimum atomic E-state index is -0.907. The third-order valence-corrected chi connectivity index (χ3v) is 5.15. The number of carboxylic acids is 1. The van der Waals surface area contributed by atoms with Gasteiger partial charge >= 0.3 is 5.97 Å². The molecular weight excluding hydrogens is 378 g/mol. The van der Waals surface area contributed by atoms with E-state index >= 15 is 0 Å². The number of carbonyl (C=O) groups is 3. The fourth-order valence-corrected chi connectivity index (χ4v) is 3.26. The molecule has 0 fully saturated rings. The Morgan fingerprint density at radius 3 is 1.97 bits per heavy atom. The summed E-state index contributed by atoms with van der Waals surface area (Å²) in [6.07, 6.45) is 4.65. The molecule has 30 heavy (non-hydrogen) atoms. The van der Waals surface area contributed by atoms with Crippen LogP contribution in [-0.4, -0.2) is 22.8 Å². The monoisotopic (exact) mass is 409 g/mol. The van der Waals surface area contributed by atoms with Crippen molar-refractivity contribution in [3.05, 3.63) is 54.1 Å². The third-order valence-electron chi connectivity index (χ3n) is 5.15. The van der Waals surface area contributed by atoms with Gasteiger partial charge in [0.25, 0.3) is 0 Å². The van der Waals surface area contributed by atoms with E-state index in [-0.39, 0.29) is 18.1 Å². The van der Waals surface area contributed by atoms with Crippen molar-refractivity contribution in [1.82, 2.24) is 0 Å². The van der Waals surface area contributed by atoms with E-state index in [2.05, 4.69) is 12.2 Å². The highest BCUT2D eigenvalue weighted by Gasteiger charge is 2.21. The lowest BCUT2D eigenvalue weighted by atomic mass is 9.93. The normalized spacial score (nSPS) is 11.7. The molecule has 5 nitrogen and oxygen atoms in total. The molecule has 2 aromatic carbocycles. The second kappa shape index (κ2) is 11.9. The highest BCUT2D eigenvalue weighted by Crippen LogP contribution is 2.23. The topological polar surface area (TPSA) is 83.5 Å². The molecule has 0 aliphatic carbocycles. The van der Waals surface area contributed by atoms with Crippen LogP contribution in [0, 0.1) is 5.92 Å². The summed E-state index contributed by atoms with van der Waals surface area (Å²) in [5.74, 6) is -1.66. The lowest BCUT2D eigenvalue weighted by Crippen LogP contribution is -2.18. The first-order valence-electron chi connectivity index (χ1n) is 10.7. The van der Waals surface area contributed by atoms with Crippen molar-refractivity contribution in [3.63, 3.8) is 0 Å². The van der Waals surface area contributed by atoms with Crippen LogP contribution in [0.2, 0.25) is 0 Å². The predicted molar refractivity (Wildman–Crippen MR) is 120 cm³/mol. The summed E-state index contributed by atoms with van der Waals surface area (Å²) in [5.41, 5.74) is 3.22. The first-order chi connectivity index (χ1) is 14.4. The minimum absolute atomic E-state index is 0.0195. The maximum absolute atomic E-state index is 12.5. The summed E-state index contributed by atoms with van der Waals surface area (Å²) in [6.45, 7) is 4.06. The predicted octanol–water partition coefficient (Wildman–Crippen LogP) is 5.95. The Hall–Kier alpha value is -2.95. The number of nitrogens with one attached hydrogen (secondary N) is 1. The molecule has 2 aromatic rings. The van der Waals surface area contributed by atoms with Gasteiger partial charge in [0, 0.05) is 24.1 Å². The molecule has 2 rings (SSSR count). The van der Waals surface area contributed by atoms with Crippen molar-refractivity contribution in [2.75, 3.05) is 5.32 Å². The number of anilines is 1. The van der Waals surface area contributed by atoms with E-state index < -0.39 is 11.9 Å².